The van der Waals surface area contributed by atoms with Crippen molar-refractivity contribution in [2.24, 2.45) is 5.92 Å². The molecular weight excluding hydrogens is 418 g/mol. The maximum Gasteiger partial charge on any atom is 0.408 e. The van der Waals surface area contributed by atoms with E-state index in [1.807, 2.05) is 44.2 Å². The van der Waals surface area contributed by atoms with Gasteiger partial charge in [-0.1, -0.05) is 57.5 Å². The van der Waals surface area contributed by atoms with Crippen molar-refractivity contribution < 1.29 is 19.1 Å². The minimum absolute atomic E-state index is 0.0188. The molecule has 0 bridgehead atoms. The molecule has 1 aromatic rings. The number of unbranched alkanes of at least 4 members (excludes halogenated alkanes) is 1. The summed E-state index contributed by atoms with van der Waals surface area (Å²) in [4.78, 5) is 41.4. The van der Waals surface area contributed by atoms with Gasteiger partial charge in [0.1, 0.15) is 17.7 Å². The Kier molecular flexibility index (Phi) is 9.74. The molecule has 1 saturated carbocycles. The minimum Gasteiger partial charge on any atom is -0.444 e. The zero-order chi connectivity index (χ0) is 24.6. The number of nitrogens with one attached hydrogen (secondary N) is 2. The number of benzene rings is 1. The molecule has 0 spiro atoms. The van der Waals surface area contributed by atoms with E-state index >= 15 is 0 Å². The van der Waals surface area contributed by atoms with Gasteiger partial charge < -0.3 is 20.3 Å². The van der Waals surface area contributed by atoms with E-state index in [9.17, 15) is 14.4 Å². The summed E-state index contributed by atoms with van der Waals surface area (Å²) in [7, 11) is 0. The van der Waals surface area contributed by atoms with Gasteiger partial charge in [-0.3, -0.25) is 9.59 Å². The fourth-order valence-electron chi connectivity index (χ4n) is 3.75. The monoisotopic (exact) mass is 459 g/mol. The van der Waals surface area contributed by atoms with E-state index in [4.69, 9.17) is 4.74 Å². The van der Waals surface area contributed by atoms with Crippen LogP contribution < -0.4 is 10.6 Å². The maximum atomic E-state index is 13.9. The van der Waals surface area contributed by atoms with Crippen LogP contribution in [0.3, 0.4) is 0 Å². The van der Waals surface area contributed by atoms with Crippen molar-refractivity contribution in [2.45, 2.75) is 97.4 Å². The molecule has 7 nitrogen and oxygen atoms in total. The Labute approximate surface area is 198 Å². The lowest BCUT2D eigenvalue weighted by Crippen LogP contribution is -2.54. The molecule has 2 rings (SSSR count). The van der Waals surface area contributed by atoms with Crippen molar-refractivity contribution in [1.29, 1.82) is 0 Å². The average molecular weight is 460 g/mol. The van der Waals surface area contributed by atoms with Crippen molar-refractivity contribution >= 4 is 17.9 Å². The van der Waals surface area contributed by atoms with Crippen molar-refractivity contribution in [2.75, 3.05) is 6.54 Å². The highest BCUT2D eigenvalue weighted by molar-refractivity contribution is 5.92. The van der Waals surface area contributed by atoms with Crippen LogP contribution in [0.2, 0.25) is 0 Å². The summed E-state index contributed by atoms with van der Waals surface area (Å²) in [5, 5.41) is 5.79. The number of amides is 3. The van der Waals surface area contributed by atoms with E-state index < -0.39 is 23.8 Å². The van der Waals surface area contributed by atoms with Gasteiger partial charge in [-0.2, -0.15) is 0 Å². The highest BCUT2D eigenvalue weighted by Crippen LogP contribution is 2.36. The van der Waals surface area contributed by atoms with Gasteiger partial charge in [0.15, 0.2) is 0 Å². The van der Waals surface area contributed by atoms with E-state index in [-0.39, 0.29) is 23.8 Å². The van der Waals surface area contributed by atoms with Gasteiger partial charge in [0.25, 0.3) is 0 Å². The van der Waals surface area contributed by atoms with Crippen LogP contribution in [0.4, 0.5) is 4.79 Å². The molecule has 33 heavy (non-hydrogen) atoms. The lowest BCUT2D eigenvalue weighted by Gasteiger charge is -2.35. The second-order valence-corrected chi connectivity index (χ2v) is 10.3. The van der Waals surface area contributed by atoms with E-state index in [1.54, 1.807) is 25.7 Å². The van der Waals surface area contributed by atoms with Crippen LogP contribution in [-0.4, -0.2) is 47.0 Å². The molecule has 184 valence electrons. The molecule has 2 N–H and O–H groups in total. The van der Waals surface area contributed by atoms with E-state index in [1.165, 1.54) is 0 Å². The molecule has 2 atom stereocenters. The van der Waals surface area contributed by atoms with Crippen molar-refractivity contribution in [3.05, 3.63) is 35.9 Å². The Morgan fingerprint density at radius 1 is 1.12 bits per heavy atom. The van der Waals surface area contributed by atoms with Gasteiger partial charge in [0, 0.05) is 12.6 Å². The smallest absolute Gasteiger partial charge is 0.408 e. The Morgan fingerprint density at radius 2 is 1.76 bits per heavy atom. The van der Waals surface area contributed by atoms with Crippen LogP contribution in [0, 0.1) is 5.92 Å². The Bertz CT molecular complexity index is 784. The van der Waals surface area contributed by atoms with Crippen LogP contribution in [0.5, 0.6) is 0 Å². The van der Waals surface area contributed by atoms with Crippen LogP contribution in [0.25, 0.3) is 0 Å². The number of carbonyl (C=O) groups excluding carboxylic acids is 3. The van der Waals surface area contributed by atoms with Crippen molar-refractivity contribution in [3.63, 3.8) is 0 Å². The van der Waals surface area contributed by atoms with Gasteiger partial charge in [-0.25, -0.2) is 4.79 Å². The van der Waals surface area contributed by atoms with Gasteiger partial charge in [0.05, 0.1) is 0 Å². The number of hydrogen-bond acceptors (Lipinski definition) is 4. The summed E-state index contributed by atoms with van der Waals surface area (Å²) < 4.78 is 5.41. The van der Waals surface area contributed by atoms with Gasteiger partial charge in [-0.15, -0.1) is 0 Å². The van der Waals surface area contributed by atoms with Crippen LogP contribution in [0.1, 0.15) is 85.3 Å². The number of carbonyl (C=O) groups is 3. The van der Waals surface area contributed by atoms with Crippen molar-refractivity contribution in [1.82, 2.24) is 15.5 Å². The number of alkyl carbamates (subject to hydrolysis) is 1. The third-order valence-electron chi connectivity index (χ3n) is 5.36. The SMILES string of the molecule is CCCCNC(=O)C(c1ccccc1)N(C(=O)C(CC(C)C)NC(=O)OC(C)(C)C)C1CC1. The summed E-state index contributed by atoms with van der Waals surface area (Å²) in [6.45, 7) is 12.0. The molecule has 2 unspecified atom stereocenters. The first-order valence-corrected chi connectivity index (χ1v) is 12.2. The van der Waals surface area contributed by atoms with E-state index in [0.717, 1.165) is 31.2 Å². The molecule has 1 aliphatic rings. The topological polar surface area (TPSA) is 87.7 Å². The predicted molar refractivity (Wildman–Crippen MR) is 130 cm³/mol. The normalized spacial score (nSPS) is 15.5. The molecule has 1 aliphatic carbocycles. The molecule has 1 aromatic carbocycles. The molecule has 0 aromatic heterocycles. The largest absolute Gasteiger partial charge is 0.444 e. The first-order chi connectivity index (χ1) is 15.5. The van der Waals surface area contributed by atoms with Gasteiger partial charge >= 0.3 is 6.09 Å². The van der Waals surface area contributed by atoms with Crippen LogP contribution in [0.15, 0.2) is 30.3 Å². The zero-order valence-corrected chi connectivity index (χ0v) is 21.0. The third-order valence-corrected chi connectivity index (χ3v) is 5.36. The lowest BCUT2D eigenvalue weighted by molar-refractivity contribution is -0.143. The highest BCUT2D eigenvalue weighted by atomic mass is 16.6. The standard InChI is InChI=1S/C26H41N3O4/c1-7-8-16-27-23(30)22(19-12-10-9-11-13-19)29(20-14-15-20)24(31)21(17-18(2)3)28-25(32)33-26(4,5)6/h9-13,18,20-22H,7-8,14-17H2,1-6H3,(H,27,30)(H,28,32). The molecule has 7 heteroatoms. The van der Waals surface area contributed by atoms with Crippen molar-refractivity contribution in [3.8, 4) is 0 Å². The van der Waals surface area contributed by atoms with E-state index in [2.05, 4.69) is 17.6 Å². The molecule has 0 saturated heterocycles. The summed E-state index contributed by atoms with van der Waals surface area (Å²) in [6.07, 6.45) is 3.37. The number of hydrogen-bond donors (Lipinski definition) is 2. The molecule has 0 radical (unpaired) electrons. The Balaban J connectivity index is 2.35. The molecule has 3 amide bonds. The van der Waals surface area contributed by atoms with Gasteiger partial charge in [0.2, 0.25) is 11.8 Å². The number of rotatable bonds is 11. The number of ether oxygens (including phenoxy) is 1. The second-order valence-electron chi connectivity index (χ2n) is 10.3. The fraction of sp³-hybridized carbons (Fsp3) is 0.654. The molecule has 1 fully saturated rings. The summed E-state index contributed by atoms with van der Waals surface area (Å²) in [6, 6.07) is 7.88. The predicted octanol–water partition coefficient (Wildman–Crippen LogP) is 4.57. The van der Waals surface area contributed by atoms with Gasteiger partial charge in [-0.05, 0) is 57.9 Å². The maximum absolute atomic E-state index is 13.9. The summed E-state index contributed by atoms with van der Waals surface area (Å²) in [5.74, 6) is -0.254. The highest BCUT2D eigenvalue weighted by Gasteiger charge is 2.44. The fourth-order valence-corrected chi connectivity index (χ4v) is 3.75. The summed E-state index contributed by atoms with van der Waals surface area (Å²) >= 11 is 0. The second kappa shape index (κ2) is 12.1. The number of nitrogens with zero attached hydrogens (tertiary/aromatic N) is 1. The zero-order valence-electron chi connectivity index (χ0n) is 21.0. The van der Waals surface area contributed by atoms with Crippen LogP contribution >= 0.6 is 0 Å². The third kappa shape index (κ3) is 8.71. The van der Waals surface area contributed by atoms with Crippen LogP contribution in [-0.2, 0) is 14.3 Å². The average Bonchev–Trinajstić information content (AvgIpc) is 3.55. The summed E-state index contributed by atoms with van der Waals surface area (Å²) in [5.41, 5.74) is 0.101. The molecule has 0 heterocycles. The van der Waals surface area contributed by atoms with E-state index in [0.29, 0.717) is 13.0 Å². The Hall–Kier alpha value is -2.57. The Morgan fingerprint density at radius 3 is 2.27 bits per heavy atom. The molecule has 0 aliphatic heterocycles. The quantitative estimate of drug-likeness (QED) is 0.474. The first kappa shape index (κ1) is 26.7. The molecular formula is C26H41N3O4. The lowest BCUT2D eigenvalue weighted by atomic mass is 9.99. The minimum atomic E-state index is -0.768. The first-order valence-electron chi connectivity index (χ1n) is 12.2.